The van der Waals surface area contributed by atoms with Crippen LogP contribution in [0.5, 0.6) is 6.01 Å². The largest absolute Gasteiger partial charge is 0.459 e. The van der Waals surface area contributed by atoms with Crippen LogP contribution in [0, 0.1) is 11.2 Å². The lowest BCUT2D eigenvalue weighted by Crippen LogP contribution is -2.49. The second-order valence-electron chi connectivity index (χ2n) is 9.61. The van der Waals surface area contributed by atoms with Crippen LogP contribution in [0.25, 0.3) is 22.6 Å². The molecule has 2 aromatic heterocycles. The minimum Gasteiger partial charge on any atom is -0.459 e. The molecule has 1 fully saturated rings. The Morgan fingerprint density at radius 2 is 1.85 bits per heavy atom. The van der Waals surface area contributed by atoms with Crippen molar-refractivity contribution in [3.05, 3.63) is 84.1 Å². The minimum absolute atomic E-state index is 0.128. The van der Waals surface area contributed by atoms with Gasteiger partial charge in [0, 0.05) is 25.4 Å². The highest BCUT2D eigenvalue weighted by Gasteiger charge is 2.40. The molecule has 1 aliphatic rings. The fraction of sp³-hybridized carbons (Fsp3) is 0.310. The predicted molar refractivity (Wildman–Crippen MR) is 143 cm³/mol. The number of halogens is 1. The van der Waals surface area contributed by atoms with E-state index in [0.29, 0.717) is 48.2 Å². The Hall–Kier alpha value is -4.19. The number of ether oxygens (including phenoxy) is 4. The molecular formula is C29H30FN5O5. The van der Waals surface area contributed by atoms with Crippen molar-refractivity contribution in [2.45, 2.75) is 19.8 Å². The van der Waals surface area contributed by atoms with Crippen molar-refractivity contribution in [2.24, 2.45) is 5.41 Å². The number of aromatic nitrogens is 4. The molecular weight excluding hydrogens is 517 g/mol. The first kappa shape index (κ1) is 27.4. The molecule has 5 rings (SSSR count). The second-order valence-corrected chi connectivity index (χ2v) is 9.61. The van der Waals surface area contributed by atoms with Gasteiger partial charge in [-0.15, -0.1) is 0 Å². The van der Waals surface area contributed by atoms with Crippen molar-refractivity contribution in [1.29, 1.82) is 0 Å². The van der Waals surface area contributed by atoms with Gasteiger partial charge in [-0.05, 0) is 42.8 Å². The van der Waals surface area contributed by atoms with Crippen LogP contribution in [0.2, 0.25) is 0 Å². The Kier molecular flexibility index (Phi) is 8.44. The molecule has 0 unspecified atom stereocenters. The highest BCUT2D eigenvalue weighted by atomic mass is 19.1. The molecule has 0 aliphatic carbocycles. The fourth-order valence-electron chi connectivity index (χ4n) is 4.15. The summed E-state index contributed by atoms with van der Waals surface area (Å²) in [5.41, 5.74) is 2.40. The van der Waals surface area contributed by atoms with E-state index in [2.05, 4.69) is 20.3 Å². The van der Waals surface area contributed by atoms with Crippen molar-refractivity contribution in [3.8, 4) is 28.7 Å². The first-order valence-corrected chi connectivity index (χ1v) is 12.8. The third-order valence-corrected chi connectivity index (χ3v) is 6.41. The summed E-state index contributed by atoms with van der Waals surface area (Å²) in [6.45, 7) is 3.15. The average molecular weight is 548 g/mol. The van der Waals surface area contributed by atoms with Crippen molar-refractivity contribution < 1.29 is 28.1 Å². The van der Waals surface area contributed by atoms with Gasteiger partial charge < -0.3 is 29.2 Å². The van der Waals surface area contributed by atoms with Crippen LogP contribution >= 0.6 is 0 Å². The number of amides is 1. The Labute approximate surface area is 230 Å². The lowest BCUT2D eigenvalue weighted by atomic mass is 9.91. The summed E-state index contributed by atoms with van der Waals surface area (Å²) in [6.07, 6.45) is 0.752. The molecule has 4 aromatic rings. The zero-order chi connectivity index (χ0) is 28.0. The Morgan fingerprint density at radius 1 is 1.10 bits per heavy atom. The summed E-state index contributed by atoms with van der Waals surface area (Å²) in [5.74, 6) is -0.151. The number of carbonyl (C=O) groups excluding carboxylic acids is 1. The van der Waals surface area contributed by atoms with Gasteiger partial charge in [-0.25, -0.2) is 14.4 Å². The van der Waals surface area contributed by atoms with E-state index in [1.54, 1.807) is 38.4 Å². The van der Waals surface area contributed by atoms with Crippen LogP contribution in [0.1, 0.15) is 24.6 Å². The van der Waals surface area contributed by atoms with Crippen molar-refractivity contribution in [3.63, 3.8) is 0 Å². The minimum atomic E-state index is -0.864. The van der Waals surface area contributed by atoms with Crippen LogP contribution in [-0.4, -0.2) is 59.3 Å². The molecule has 208 valence electrons. The van der Waals surface area contributed by atoms with Gasteiger partial charge in [0.25, 0.3) is 0 Å². The van der Waals surface area contributed by atoms with E-state index < -0.39 is 11.7 Å². The van der Waals surface area contributed by atoms with E-state index in [-0.39, 0.29) is 30.9 Å². The maximum Gasteiger partial charge on any atom is 0.317 e. The number of carbonyl (C=O) groups is 1. The van der Waals surface area contributed by atoms with Crippen LogP contribution in [0.15, 0.2) is 66.9 Å². The molecule has 0 radical (unpaired) electrons. The molecule has 0 atom stereocenters. The molecule has 1 aliphatic heterocycles. The number of benzene rings is 2. The van der Waals surface area contributed by atoms with Crippen molar-refractivity contribution in [1.82, 2.24) is 25.3 Å². The third-order valence-electron chi connectivity index (χ3n) is 6.41. The summed E-state index contributed by atoms with van der Waals surface area (Å²) in [5, 5.41) is 2.83. The number of nitrogens with one attached hydrogen (secondary N) is 2. The number of H-pyrrole nitrogens is 1. The number of imidazole rings is 1. The fourth-order valence-corrected chi connectivity index (χ4v) is 4.15. The van der Waals surface area contributed by atoms with Gasteiger partial charge in [0.05, 0.1) is 42.3 Å². The zero-order valence-corrected chi connectivity index (χ0v) is 22.2. The smallest absolute Gasteiger partial charge is 0.317 e. The summed E-state index contributed by atoms with van der Waals surface area (Å²) >= 11 is 0. The monoisotopic (exact) mass is 547 g/mol. The second kappa shape index (κ2) is 12.3. The number of hydrogen-bond donors (Lipinski definition) is 2. The predicted octanol–water partition coefficient (Wildman–Crippen LogP) is 4.07. The number of hydrogen-bond acceptors (Lipinski definition) is 8. The van der Waals surface area contributed by atoms with Gasteiger partial charge in [-0.2, -0.15) is 4.98 Å². The Morgan fingerprint density at radius 3 is 2.58 bits per heavy atom. The molecule has 10 nitrogen and oxygen atoms in total. The number of rotatable bonds is 10. The van der Waals surface area contributed by atoms with E-state index >= 15 is 0 Å². The topological polar surface area (TPSA) is 120 Å². The van der Waals surface area contributed by atoms with E-state index in [9.17, 15) is 9.18 Å². The normalized spacial score (nSPS) is 18.8. The SMILES string of the molecule is COCCNC(=O)C1(C)COC(c2nc(-c3ccc(F)cc3)c(-c3ccnc(OCc4ccccc4)n3)[nH]2)OC1. The van der Waals surface area contributed by atoms with Crippen LogP contribution < -0.4 is 10.1 Å². The summed E-state index contributed by atoms with van der Waals surface area (Å²) in [6, 6.07) is 17.6. The summed E-state index contributed by atoms with van der Waals surface area (Å²) in [7, 11) is 1.57. The molecule has 40 heavy (non-hydrogen) atoms. The van der Waals surface area contributed by atoms with Crippen LogP contribution in [0.4, 0.5) is 4.39 Å². The van der Waals surface area contributed by atoms with Crippen LogP contribution in [-0.2, 0) is 25.6 Å². The molecule has 11 heteroatoms. The quantitative estimate of drug-likeness (QED) is 0.285. The third kappa shape index (κ3) is 6.33. The Balaban J connectivity index is 1.38. The molecule has 1 amide bonds. The van der Waals surface area contributed by atoms with Gasteiger partial charge >= 0.3 is 6.01 Å². The van der Waals surface area contributed by atoms with Gasteiger partial charge in [0.2, 0.25) is 12.2 Å². The Bertz CT molecular complexity index is 1420. The molecule has 2 aromatic carbocycles. The molecule has 0 bridgehead atoms. The lowest BCUT2D eigenvalue weighted by Gasteiger charge is -2.35. The molecule has 3 heterocycles. The first-order valence-electron chi connectivity index (χ1n) is 12.8. The number of nitrogens with zero attached hydrogens (tertiary/aromatic N) is 3. The molecule has 2 N–H and O–H groups in total. The van der Waals surface area contributed by atoms with Crippen LogP contribution in [0.3, 0.4) is 0 Å². The molecule has 0 spiro atoms. The number of methoxy groups -OCH3 is 1. The standard InChI is InChI=1S/C29H30FN5O5/c1-29(27(36)31-14-15-37-2)17-39-26(40-18-29)25-34-23(20-8-10-21(30)11-9-20)24(35-25)22-12-13-32-28(33-22)38-16-19-6-4-3-5-7-19/h3-13,26H,14-18H2,1-2H3,(H,31,36)(H,34,35). The van der Waals surface area contributed by atoms with Gasteiger partial charge in [0.1, 0.15) is 12.4 Å². The zero-order valence-electron chi connectivity index (χ0n) is 22.2. The maximum atomic E-state index is 13.7. The lowest BCUT2D eigenvalue weighted by molar-refractivity contribution is -0.231. The van der Waals surface area contributed by atoms with E-state index in [4.69, 9.17) is 23.9 Å². The van der Waals surface area contributed by atoms with Crippen molar-refractivity contribution in [2.75, 3.05) is 33.5 Å². The summed E-state index contributed by atoms with van der Waals surface area (Å²) < 4.78 is 36.4. The molecule has 0 saturated carbocycles. The highest BCUT2D eigenvalue weighted by molar-refractivity contribution is 5.82. The van der Waals surface area contributed by atoms with Gasteiger partial charge in [0.15, 0.2) is 5.82 Å². The van der Waals surface area contributed by atoms with Gasteiger partial charge in [-0.1, -0.05) is 30.3 Å². The van der Waals surface area contributed by atoms with Gasteiger partial charge in [-0.3, -0.25) is 4.79 Å². The first-order chi connectivity index (χ1) is 19.4. The van der Waals surface area contributed by atoms with E-state index in [1.165, 1.54) is 12.1 Å². The highest BCUT2D eigenvalue weighted by Crippen LogP contribution is 2.35. The van der Waals surface area contributed by atoms with E-state index in [1.807, 2.05) is 30.3 Å². The van der Waals surface area contributed by atoms with Crippen molar-refractivity contribution >= 4 is 5.91 Å². The maximum absolute atomic E-state index is 13.7. The average Bonchev–Trinajstić information content (AvgIpc) is 3.43. The van der Waals surface area contributed by atoms with E-state index in [0.717, 1.165) is 5.56 Å². The summed E-state index contributed by atoms with van der Waals surface area (Å²) in [4.78, 5) is 29.5. The number of aromatic amines is 1. The molecule has 1 saturated heterocycles.